The normalized spacial score (nSPS) is 10.3. The van der Waals surface area contributed by atoms with Gasteiger partial charge in [0.05, 0.1) is 4.47 Å². The molecule has 0 saturated carbocycles. The van der Waals surface area contributed by atoms with Crippen LogP contribution < -0.4 is 10.1 Å². The quantitative estimate of drug-likeness (QED) is 0.794. The smallest absolute Gasteiger partial charge is 0.224 e. The van der Waals surface area contributed by atoms with Gasteiger partial charge in [0.2, 0.25) is 5.91 Å². The Bertz CT molecular complexity index is 659. The van der Waals surface area contributed by atoms with Gasteiger partial charge in [0.15, 0.2) is 11.6 Å². The predicted molar refractivity (Wildman–Crippen MR) is 79.5 cm³/mol. The standard InChI is InChI=1S/C15H12BrF2NO2/c1-2-15(20)19-9-3-5-10(6-4-9)21-14-8-13(18)12(17)7-11(14)16/h3-8H,2H2,1H3,(H,19,20). The molecule has 0 heterocycles. The lowest BCUT2D eigenvalue weighted by molar-refractivity contribution is -0.115. The van der Waals surface area contributed by atoms with Gasteiger partial charge in [-0.15, -0.1) is 0 Å². The van der Waals surface area contributed by atoms with Gasteiger partial charge in [-0.3, -0.25) is 4.79 Å². The van der Waals surface area contributed by atoms with E-state index in [1.54, 1.807) is 31.2 Å². The number of amides is 1. The summed E-state index contributed by atoms with van der Waals surface area (Å²) in [7, 11) is 0. The van der Waals surface area contributed by atoms with Crippen LogP contribution in [0.1, 0.15) is 13.3 Å². The molecule has 6 heteroatoms. The van der Waals surface area contributed by atoms with Crippen molar-refractivity contribution in [1.29, 1.82) is 0 Å². The monoisotopic (exact) mass is 355 g/mol. The average molecular weight is 356 g/mol. The molecular formula is C15H12BrF2NO2. The number of carbonyl (C=O) groups excluding carboxylic acids is 1. The van der Waals surface area contributed by atoms with Crippen LogP contribution in [0.5, 0.6) is 11.5 Å². The van der Waals surface area contributed by atoms with Crippen molar-refractivity contribution in [2.24, 2.45) is 0 Å². The molecule has 0 radical (unpaired) electrons. The second-order valence-corrected chi connectivity index (χ2v) is 5.08. The van der Waals surface area contributed by atoms with Gasteiger partial charge < -0.3 is 10.1 Å². The zero-order chi connectivity index (χ0) is 15.4. The van der Waals surface area contributed by atoms with Crippen LogP contribution in [0.25, 0.3) is 0 Å². The molecule has 0 aliphatic heterocycles. The van der Waals surface area contributed by atoms with E-state index in [2.05, 4.69) is 21.2 Å². The van der Waals surface area contributed by atoms with Crippen LogP contribution in [0, 0.1) is 11.6 Å². The molecule has 0 aliphatic carbocycles. The molecule has 2 rings (SSSR count). The first-order valence-corrected chi connectivity index (χ1v) is 7.01. The molecule has 0 aromatic heterocycles. The fourth-order valence-electron chi connectivity index (χ4n) is 1.57. The number of carbonyl (C=O) groups is 1. The van der Waals surface area contributed by atoms with E-state index in [-0.39, 0.29) is 11.7 Å². The second-order valence-electron chi connectivity index (χ2n) is 4.22. The molecule has 0 spiro atoms. The summed E-state index contributed by atoms with van der Waals surface area (Å²) in [5, 5.41) is 2.70. The van der Waals surface area contributed by atoms with Gasteiger partial charge in [-0.05, 0) is 46.3 Å². The van der Waals surface area contributed by atoms with Gasteiger partial charge in [-0.1, -0.05) is 6.92 Å². The van der Waals surface area contributed by atoms with Crippen molar-refractivity contribution < 1.29 is 18.3 Å². The predicted octanol–water partition coefficient (Wildman–Crippen LogP) is 4.87. The van der Waals surface area contributed by atoms with Crippen molar-refractivity contribution in [2.75, 3.05) is 5.32 Å². The summed E-state index contributed by atoms with van der Waals surface area (Å²) in [4.78, 5) is 11.2. The van der Waals surface area contributed by atoms with Crippen LogP contribution in [0.15, 0.2) is 40.9 Å². The van der Waals surface area contributed by atoms with E-state index < -0.39 is 11.6 Å². The average Bonchev–Trinajstić information content (AvgIpc) is 2.46. The minimum atomic E-state index is -0.986. The summed E-state index contributed by atoms with van der Waals surface area (Å²) < 4.78 is 32.0. The van der Waals surface area contributed by atoms with Gasteiger partial charge in [0, 0.05) is 18.2 Å². The molecule has 0 fully saturated rings. The first kappa shape index (κ1) is 15.4. The van der Waals surface area contributed by atoms with Crippen molar-refractivity contribution in [2.45, 2.75) is 13.3 Å². The summed E-state index contributed by atoms with van der Waals surface area (Å²) in [6, 6.07) is 8.54. The Morgan fingerprint density at radius 2 is 1.81 bits per heavy atom. The minimum Gasteiger partial charge on any atom is -0.456 e. The topological polar surface area (TPSA) is 38.3 Å². The number of nitrogens with one attached hydrogen (secondary N) is 1. The zero-order valence-electron chi connectivity index (χ0n) is 11.1. The third-order valence-electron chi connectivity index (χ3n) is 2.66. The number of benzene rings is 2. The lowest BCUT2D eigenvalue weighted by Gasteiger charge is -2.09. The molecule has 3 nitrogen and oxygen atoms in total. The van der Waals surface area contributed by atoms with Crippen molar-refractivity contribution in [3.8, 4) is 11.5 Å². The molecule has 0 bridgehead atoms. The summed E-state index contributed by atoms with van der Waals surface area (Å²) in [6.45, 7) is 1.76. The van der Waals surface area contributed by atoms with Crippen LogP contribution in [0.4, 0.5) is 14.5 Å². The fraction of sp³-hybridized carbons (Fsp3) is 0.133. The number of rotatable bonds is 4. The maximum atomic E-state index is 13.2. The third kappa shape index (κ3) is 4.01. The van der Waals surface area contributed by atoms with Crippen molar-refractivity contribution in [1.82, 2.24) is 0 Å². The molecule has 21 heavy (non-hydrogen) atoms. The number of hydrogen-bond acceptors (Lipinski definition) is 2. The van der Waals surface area contributed by atoms with E-state index in [9.17, 15) is 13.6 Å². The lowest BCUT2D eigenvalue weighted by Crippen LogP contribution is -2.08. The summed E-state index contributed by atoms with van der Waals surface area (Å²) in [5.41, 5.74) is 0.638. The largest absolute Gasteiger partial charge is 0.456 e. The van der Waals surface area contributed by atoms with Gasteiger partial charge in [-0.25, -0.2) is 8.78 Å². The third-order valence-corrected chi connectivity index (χ3v) is 3.28. The highest BCUT2D eigenvalue weighted by molar-refractivity contribution is 9.10. The number of ether oxygens (including phenoxy) is 1. The van der Waals surface area contributed by atoms with E-state index in [0.717, 1.165) is 12.1 Å². The summed E-state index contributed by atoms with van der Waals surface area (Å²) >= 11 is 3.11. The molecule has 110 valence electrons. The molecule has 0 unspecified atom stereocenters. The van der Waals surface area contributed by atoms with E-state index in [4.69, 9.17) is 4.74 Å². The molecule has 1 N–H and O–H groups in total. The van der Waals surface area contributed by atoms with E-state index in [1.165, 1.54) is 0 Å². The van der Waals surface area contributed by atoms with Gasteiger partial charge in [-0.2, -0.15) is 0 Å². The Hall–Kier alpha value is -1.95. The highest BCUT2D eigenvalue weighted by Gasteiger charge is 2.10. The number of hydrogen-bond donors (Lipinski definition) is 1. The Morgan fingerprint density at radius 3 is 2.43 bits per heavy atom. The van der Waals surface area contributed by atoms with Gasteiger partial charge in [0.25, 0.3) is 0 Å². The lowest BCUT2D eigenvalue weighted by atomic mass is 10.3. The highest BCUT2D eigenvalue weighted by Crippen LogP contribution is 2.32. The SMILES string of the molecule is CCC(=O)Nc1ccc(Oc2cc(F)c(F)cc2Br)cc1. The van der Waals surface area contributed by atoms with Crippen molar-refractivity contribution in [3.05, 3.63) is 52.5 Å². The Kier molecular flexibility index (Phi) is 4.90. The zero-order valence-corrected chi connectivity index (χ0v) is 12.7. The number of halogens is 3. The maximum absolute atomic E-state index is 13.2. The fourth-order valence-corrected chi connectivity index (χ4v) is 1.96. The minimum absolute atomic E-state index is 0.0907. The van der Waals surface area contributed by atoms with Crippen molar-refractivity contribution in [3.63, 3.8) is 0 Å². The Balaban J connectivity index is 2.13. The van der Waals surface area contributed by atoms with Gasteiger partial charge >= 0.3 is 0 Å². The second kappa shape index (κ2) is 6.67. The van der Waals surface area contributed by atoms with Crippen molar-refractivity contribution >= 4 is 27.5 Å². The molecular weight excluding hydrogens is 344 g/mol. The van der Waals surface area contributed by atoms with Crippen LogP contribution in [-0.2, 0) is 4.79 Å². The first-order chi connectivity index (χ1) is 9.99. The van der Waals surface area contributed by atoms with Crippen LogP contribution in [0.2, 0.25) is 0 Å². The summed E-state index contributed by atoms with van der Waals surface area (Å²) in [5.74, 6) is -1.42. The molecule has 1 amide bonds. The molecule has 0 atom stereocenters. The van der Waals surface area contributed by atoms with E-state index in [0.29, 0.717) is 22.3 Å². The van der Waals surface area contributed by atoms with Crippen LogP contribution >= 0.6 is 15.9 Å². The summed E-state index contributed by atoms with van der Waals surface area (Å²) in [6.07, 6.45) is 0.389. The Labute approximate surface area is 129 Å². The first-order valence-electron chi connectivity index (χ1n) is 6.22. The number of anilines is 1. The maximum Gasteiger partial charge on any atom is 0.224 e. The van der Waals surface area contributed by atoms with Crippen LogP contribution in [-0.4, -0.2) is 5.91 Å². The van der Waals surface area contributed by atoms with Crippen LogP contribution in [0.3, 0.4) is 0 Å². The molecule has 2 aromatic rings. The van der Waals surface area contributed by atoms with E-state index >= 15 is 0 Å². The molecule has 0 saturated heterocycles. The van der Waals surface area contributed by atoms with E-state index in [1.807, 2.05) is 0 Å². The Morgan fingerprint density at radius 1 is 1.19 bits per heavy atom. The van der Waals surface area contributed by atoms with Gasteiger partial charge in [0.1, 0.15) is 11.5 Å². The molecule has 2 aromatic carbocycles. The highest BCUT2D eigenvalue weighted by atomic mass is 79.9. The molecule has 0 aliphatic rings.